The van der Waals surface area contributed by atoms with Gasteiger partial charge in [0.05, 0.1) is 27.7 Å². The van der Waals surface area contributed by atoms with E-state index in [1.807, 2.05) is 21.1 Å². The third kappa shape index (κ3) is 45.6. The normalized spacial score (nSPS) is 13.0. The third-order valence-electron chi connectivity index (χ3n) is 10.1. The Morgan fingerprint density at radius 1 is 0.500 bits per heavy atom. The molecule has 56 heavy (non-hydrogen) atoms. The van der Waals surface area contributed by atoms with Gasteiger partial charge < -0.3 is 38.9 Å². The molecule has 0 aliphatic heterocycles. The fourth-order valence-corrected chi connectivity index (χ4v) is 7.27. The van der Waals surface area contributed by atoms with Crippen LogP contribution in [0.4, 0.5) is 0 Å². The number of rotatable bonds is 42. The van der Waals surface area contributed by atoms with Gasteiger partial charge in [0.1, 0.15) is 19.8 Å². The molecule has 0 aliphatic rings. The number of carbonyl (C=O) groups excluding carboxylic acids is 2. The van der Waals surface area contributed by atoms with Crippen LogP contribution in [0.1, 0.15) is 219 Å². The van der Waals surface area contributed by atoms with Crippen molar-refractivity contribution in [2.24, 2.45) is 0 Å². The minimum absolute atomic E-state index is 0. The molecule has 4 N–H and O–H groups in total. The molecule has 0 fully saturated rings. The van der Waals surface area contributed by atoms with Crippen LogP contribution in [0.3, 0.4) is 0 Å². The predicted molar refractivity (Wildman–Crippen MR) is 230 cm³/mol. The second-order valence-corrected chi connectivity index (χ2v) is 18.2. The van der Waals surface area contributed by atoms with Gasteiger partial charge in [-0.25, -0.2) is 0 Å². The molecule has 0 saturated heterocycles. The number of likely N-dealkylation sites (N-methyl/N-ethyl adjacent to an activating group) is 1. The molecule has 0 amide bonds. The van der Waals surface area contributed by atoms with Crippen LogP contribution in [0.5, 0.6) is 0 Å². The number of esters is 2. The van der Waals surface area contributed by atoms with Crippen molar-refractivity contribution in [1.82, 2.24) is 0 Å². The number of carbonyl (C=O) groups is 2. The summed E-state index contributed by atoms with van der Waals surface area (Å²) in [7, 11) is 1.18. The van der Waals surface area contributed by atoms with Gasteiger partial charge in [-0.3, -0.25) is 14.2 Å². The van der Waals surface area contributed by atoms with E-state index in [0.29, 0.717) is 17.4 Å². The molecule has 0 bridgehead atoms. The first-order valence-corrected chi connectivity index (χ1v) is 24.2. The Hall–Kier alpha value is -1.07. The number of ether oxygens (including phenoxy) is 2. The Bertz CT molecular complexity index is 902. The summed E-state index contributed by atoms with van der Waals surface area (Å²) in [5, 5.41) is 0. The molecule has 0 aromatic heterocycles. The minimum atomic E-state index is -4.62. The standard InChI is InChI=1S/C44H88NO8P.2H2O/c1-6-8-10-12-14-16-18-20-22-24-26-28-30-32-34-36-43(46)50-40-42(41-52-54(48,49)51-39-38-45(3,4)5)53-44(47)37-35-33-31-29-27-25-23-21-19-17-15-13-11-9-7-2;;/h42H,6-41H2,1-5H3;2*1H2/t42-;;/m1../s1. The Labute approximate surface area is 344 Å². The van der Waals surface area contributed by atoms with Gasteiger partial charge in [0.15, 0.2) is 6.10 Å². The van der Waals surface area contributed by atoms with Crippen LogP contribution in [0.25, 0.3) is 0 Å². The van der Waals surface area contributed by atoms with Crippen LogP contribution < -0.4 is 4.89 Å². The highest BCUT2D eigenvalue weighted by molar-refractivity contribution is 7.45. The van der Waals surface area contributed by atoms with Crippen molar-refractivity contribution in [2.45, 2.75) is 225 Å². The summed E-state index contributed by atoms with van der Waals surface area (Å²) < 4.78 is 33.9. The zero-order valence-corrected chi connectivity index (χ0v) is 38.1. The number of phosphoric acid groups is 1. The van der Waals surface area contributed by atoms with Crippen molar-refractivity contribution >= 4 is 19.8 Å². The van der Waals surface area contributed by atoms with E-state index >= 15 is 0 Å². The average molecular weight is 826 g/mol. The smallest absolute Gasteiger partial charge is 0.306 e. The zero-order valence-electron chi connectivity index (χ0n) is 37.2. The molecule has 0 saturated carbocycles. The van der Waals surface area contributed by atoms with Gasteiger partial charge in [-0.1, -0.05) is 194 Å². The molecule has 2 atom stereocenters. The van der Waals surface area contributed by atoms with E-state index in [-0.39, 0.29) is 43.0 Å². The molecule has 1 unspecified atom stereocenters. The molecular weight excluding hydrogens is 733 g/mol. The van der Waals surface area contributed by atoms with Gasteiger partial charge in [-0.05, 0) is 12.8 Å². The van der Waals surface area contributed by atoms with Crippen LogP contribution in [0.2, 0.25) is 0 Å². The van der Waals surface area contributed by atoms with E-state index in [2.05, 4.69) is 13.8 Å². The summed E-state index contributed by atoms with van der Waals surface area (Å²) in [5.74, 6) is -0.818. The molecular formula is C44H92NO10P. The number of nitrogens with zero attached hydrogens (tertiary/aromatic N) is 1. The fraction of sp³-hybridized carbons (Fsp3) is 0.955. The van der Waals surface area contributed by atoms with Crippen molar-refractivity contribution in [1.29, 1.82) is 0 Å². The van der Waals surface area contributed by atoms with Gasteiger partial charge in [-0.2, -0.15) is 0 Å². The molecule has 338 valence electrons. The molecule has 11 nitrogen and oxygen atoms in total. The lowest BCUT2D eigenvalue weighted by Gasteiger charge is -2.28. The van der Waals surface area contributed by atoms with Crippen molar-refractivity contribution in [3.05, 3.63) is 0 Å². The number of phosphoric ester groups is 1. The van der Waals surface area contributed by atoms with E-state index < -0.39 is 26.5 Å². The zero-order chi connectivity index (χ0) is 40.0. The van der Waals surface area contributed by atoms with Gasteiger partial charge in [0.2, 0.25) is 0 Å². The van der Waals surface area contributed by atoms with Crippen LogP contribution in [0, 0.1) is 0 Å². The molecule has 0 rings (SSSR count). The maximum absolute atomic E-state index is 12.7. The van der Waals surface area contributed by atoms with E-state index in [1.54, 1.807) is 0 Å². The van der Waals surface area contributed by atoms with Gasteiger partial charge in [-0.15, -0.1) is 0 Å². The first-order valence-electron chi connectivity index (χ1n) is 22.7. The van der Waals surface area contributed by atoms with Crippen molar-refractivity contribution in [2.75, 3.05) is 47.5 Å². The Balaban J connectivity index is -0.0000140. The van der Waals surface area contributed by atoms with Gasteiger partial charge in [0, 0.05) is 12.8 Å². The lowest BCUT2D eigenvalue weighted by molar-refractivity contribution is -0.870. The Kier molecular flexibility index (Phi) is 44.5. The Morgan fingerprint density at radius 3 is 1.16 bits per heavy atom. The summed E-state index contributed by atoms with van der Waals surface area (Å²) >= 11 is 0. The van der Waals surface area contributed by atoms with Crippen LogP contribution in [0.15, 0.2) is 0 Å². The Morgan fingerprint density at radius 2 is 0.821 bits per heavy atom. The van der Waals surface area contributed by atoms with E-state index in [4.69, 9.17) is 18.5 Å². The summed E-state index contributed by atoms with van der Waals surface area (Å²) in [6.07, 6.45) is 36.9. The quantitative estimate of drug-likeness (QED) is 0.0253. The summed E-state index contributed by atoms with van der Waals surface area (Å²) in [4.78, 5) is 37.5. The summed E-state index contributed by atoms with van der Waals surface area (Å²) in [5.41, 5.74) is 0. The molecule has 0 aromatic rings. The molecule has 0 spiro atoms. The monoisotopic (exact) mass is 826 g/mol. The average Bonchev–Trinajstić information content (AvgIpc) is 3.12. The SMILES string of the molecule is CCCCCCCCCCCCCCCCCC(=O)OC[C@H](COP(=O)([O-])OCC[N+](C)(C)C)OC(=O)CCCCCCCCCCCCCCCCC.O.O. The van der Waals surface area contributed by atoms with E-state index in [9.17, 15) is 19.0 Å². The maximum Gasteiger partial charge on any atom is 0.306 e. The highest BCUT2D eigenvalue weighted by Crippen LogP contribution is 2.38. The number of hydrogen-bond acceptors (Lipinski definition) is 8. The van der Waals surface area contributed by atoms with E-state index in [1.165, 1.54) is 154 Å². The lowest BCUT2D eigenvalue weighted by atomic mass is 10.0. The minimum Gasteiger partial charge on any atom is -0.756 e. The van der Waals surface area contributed by atoms with Gasteiger partial charge in [0.25, 0.3) is 7.82 Å². The van der Waals surface area contributed by atoms with Crippen molar-refractivity contribution in [3.8, 4) is 0 Å². The first-order chi connectivity index (χ1) is 26.0. The molecule has 0 radical (unpaired) electrons. The highest BCUT2D eigenvalue weighted by Gasteiger charge is 2.21. The topological polar surface area (TPSA) is 174 Å². The van der Waals surface area contributed by atoms with Crippen molar-refractivity contribution < 1.29 is 53.0 Å². The number of hydrogen-bond donors (Lipinski definition) is 0. The molecule has 0 heterocycles. The fourth-order valence-electron chi connectivity index (χ4n) is 6.54. The maximum atomic E-state index is 12.7. The third-order valence-corrected chi connectivity index (χ3v) is 11.1. The van der Waals surface area contributed by atoms with E-state index in [0.717, 1.165) is 32.1 Å². The second kappa shape index (κ2) is 42.1. The summed E-state index contributed by atoms with van der Waals surface area (Å²) in [6, 6.07) is 0. The first kappa shape index (κ1) is 59.2. The van der Waals surface area contributed by atoms with Gasteiger partial charge >= 0.3 is 11.9 Å². The number of unbranched alkanes of at least 4 members (excludes halogenated alkanes) is 28. The van der Waals surface area contributed by atoms with Crippen LogP contribution >= 0.6 is 7.82 Å². The highest BCUT2D eigenvalue weighted by atomic mass is 31.2. The summed E-state index contributed by atoms with van der Waals surface area (Å²) in [6.45, 7) is 4.27. The molecule has 0 aliphatic carbocycles. The molecule has 12 heteroatoms. The second-order valence-electron chi connectivity index (χ2n) is 16.8. The predicted octanol–water partition coefficient (Wildman–Crippen LogP) is 10.5. The van der Waals surface area contributed by atoms with Crippen molar-refractivity contribution in [3.63, 3.8) is 0 Å². The van der Waals surface area contributed by atoms with Crippen LogP contribution in [-0.4, -0.2) is 81.0 Å². The largest absolute Gasteiger partial charge is 0.756 e. The molecule has 0 aromatic carbocycles. The van der Waals surface area contributed by atoms with Crippen LogP contribution in [-0.2, 0) is 32.7 Å². The number of quaternary nitrogens is 1. The lowest BCUT2D eigenvalue weighted by Crippen LogP contribution is -2.37.